The molecular formula is C17H29N3O4S. The molecule has 7 nitrogen and oxygen atoms in total. The molecule has 1 amide bonds. The molecule has 3 N–H and O–H groups in total. The molecule has 1 saturated heterocycles. The highest BCUT2D eigenvalue weighted by atomic mass is 32.2. The van der Waals surface area contributed by atoms with Crippen molar-refractivity contribution in [3.8, 4) is 0 Å². The van der Waals surface area contributed by atoms with Crippen molar-refractivity contribution < 1.29 is 17.6 Å². The Kier molecular flexibility index (Phi) is 5.96. The molecule has 0 spiro atoms. The van der Waals surface area contributed by atoms with E-state index in [1.165, 1.54) is 10.4 Å². The van der Waals surface area contributed by atoms with Gasteiger partial charge in [0.1, 0.15) is 10.7 Å². The van der Waals surface area contributed by atoms with E-state index in [9.17, 15) is 13.2 Å². The maximum atomic E-state index is 12.7. The number of nitrogens with zero attached hydrogens (tertiary/aromatic N) is 1. The van der Waals surface area contributed by atoms with Gasteiger partial charge in [-0.2, -0.15) is 4.31 Å². The molecular weight excluding hydrogens is 342 g/mol. The van der Waals surface area contributed by atoms with Crippen molar-refractivity contribution in [2.24, 2.45) is 11.7 Å². The Morgan fingerprint density at radius 3 is 2.52 bits per heavy atom. The Hall–Kier alpha value is -1.38. The van der Waals surface area contributed by atoms with Crippen LogP contribution >= 0.6 is 0 Å². The highest BCUT2D eigenvalue weighted by Gasteiger charge is 2.33. The van der Waals surface area contributed by atoms with Crippen LogP contribution in [0.1, 0.15) is 56.3 Å². The number of hydrogen-bond donors (Lipinski definition) is 2. The van der Waals surface area contributed by atoms with Crippen LogP contribution in [-0.2, 0) is 10.0 Å². The van der Waals surface area contributed by atoms with Crippen LogP contribution in [0.15, 0.2) is 15.4 Å². The van der Waals surface area contributed by atoms with E-state index < -0.39 is 21.5 Å². The number of nitrogens with one attached hydrogen (secondary N) is 1. The zero-order valence-corrected chi connectivity index (χ0v) is 16.3. The third kappa shape index (κ3) is 4.43. The molecule has 1 fully saturated rings. The van der Waals surface area contributed by atoms with Gasteiger partial charge in [-0.25, -0.2) is 8.42 Å². The van der Waals surface area contributed by atoms with Crippen LogP contribution < -0.4 is 11.1 Å². The molecule has 2 heterocycles. The summed E-state index contributed by atoms with van der Waals surface area (Å²) in [6.07, 6.45) is 2.43. The highest BCUT2D eigenvalue weighted by molar-refractivity contribution is 7.89. The van der Waals surface area contributed by atoms with E-state index in [1.54, 1.807) is 6.92 Å². The molecule has 1 aromatic rings. The monoisotopic (exact) mass is 371 g/mol. The fraction of sp³-hybridized carbons (Fsp3) is 0.706. The van der Waals surface area contributed by atoms with Gasteiger partial charge in [0.15, 0.2) is 5.76 Å². The fourth-order valence-corrected chi connectivity index (χ4v) is 5.00. The minimum atomic E-state index is -3.62. The van der Waals surface area contributed by atoms with Crippen molar-refractivity contribution in [3.05, 3.63) is 17.6 Å². The van der Waals surface area contributed by atoms with Gasteiger partial charge in [0.05, 0.1) is 5.54 Å². The van der Waals surface area contributed by atoms with Crippen LogP contribution in [0.25, 0.3) is 0 Å². The maximum absolute atomic E-state index is 12.7. The maximum Gasteiger partial charge on any atom is 0.287 e. The summed E-state index contributed by atoms with van der Waals surface area (Å²) < 4.78 is 32.3. The SMILES string of the molecule is Cc1oc(C(=O)NC(C)(CN)CC(C)C)cc1S(=O)(=O)N1CCCC1. The molecule has 8 heteroatoms. The van der Waals surface area contributed by atoms with Crippen LogP contribution in [0.5, 0.6) is 0 Å². The number of hydrogen-bond acceptors (Lipinski definition) is 5. The zero-order chi connectivity index (χ0) is 18.8. The Balaban J connectivity index is 2.22. The number of sulfonamides is 1. The largest absolute Gasteiger partial charge is 0.455 e. The van der Waals surface area contributed by atoms with Crippen LogP contribution in [-0.4, -0.2) is 43.8 Å². The molecule has 142 valence electrons. The number of amides is 1. The van der Waals surface area contributed by atoms with Crippen LogP contribution in [0.4, 0.5) is 0 Å². The third-order valence-electron chi connectivity index (χ3n) is 4.50. The lowest BCUT2D eigenvalue weighted by Crippen LogP contribution is -2.52. The highest BCUT2D eigenvalue weighted by Crippen LogP contribution is 2.27. The topological polar surface area (TPSA) is 106 Å². The Morgan fingerprint density at radius 2 is 2.00 bits per heavy atom. The minimum absolute atomic E-state index is 0.00120. The molecule has 0 radical (unpaired) electrons. The van der Waals surface area contributed by atoms with E-state index in [2.05, 4.69) is 19.2 Å². The van der Waals surface area contributed by atoms with E-state index in [0.717, 1.165) is 12.8 Å². The second-order valence-corrected chi connectivity index (χ2v) is 9.37. The first-order valence-corrected chi connectivity index (χ1v) is 10.2. The van der Waals surface area contributed by atoms with Gasteiger partial charge in [0.2, 0.25) is 10.0 Å². The molecule has 0 saturated carbocycles. The summed E-state index contributed by atoms with van der Waals surface area (Å²) in [4.78, 5) is 12.6. The lowest BCUT2D eigenvalue weighted by molar-refractivity contribution is 0.0868. The minimum Gasteiger partial charge on any atom is -0.455 e. The van der Waals surface area contributed by atoms with Gasteiger partial charge in [0.25, 0.3) is 5.91 Å². The molecule has 1 aromatic heterocycles. The van der Waals surface area contributed by atoms with Crippen molar-refractivity contribution in [2.45, 2.75) is 57.4 Å². The van der Waals surface area contributed by atoms with Crippen molar-refractivity contribution >= 4 is 15.9 Å². The number of rotatable bonds is 7. The molecule has 0 aliphatic carbocycles. The van der Waals surface area contributed by atoms with E-state index >= 15 is 0 Å². The second kappa shape index (κ2) is 7.47. The van der Waals surface area contributed by atoms with Crippen LogP contribution in [0, 0.1) is 12.8 Å². The molecule has 1 unspecified atom stereocenters. The van der Waals surface area contributed by atoms with Gasteiger partial charge in [-0.3, -0.25) is 4.79 Å². The third-order valence-corrected chi connectivity index (χ3v) is 6.51. The van der Waals surface area contributed by atoms with E-state index in [0.29, 0.717) is 25.4 Å². The van der Waals surface area contributed by atoms with E-state index in [4.69, 9.17) is 10.2 Å². The molecule has 25 heavy (non-hydrogen) atoms. The second-order valence-electron chi connectivity index (χ2n) is 7.46. The Labute approximate surface area is 150 Å². The number of nitrogens with two attached hydrogens (primary N) is 1. The number of carbonyl (C=O) groups is 1. The van der Waals surface area contributed by atoms with Crippen LogP contribution in [0.2, 0.25) is 0 Å². The molecule has 1 aliphatic heterocycles. The van der Waals surface area contributed by atoms with Crippen molar-refractivity contribution in [1.82, 2.24) is 9.62 Å². The summed E-state index contributed by atoms with van der Waals surface area (Å²) >= 11 is 0. The molecule has 0 aromatic carbocycles. The normalized spacial score (nSPS) is 18.5. The zero-order valence-electron chi connectivity index (χ0n) is 15.5. The average Bonchev–Trinajstić information content (AvgIpc) is 3.16. The summed E-state index contributed by atoms with van der Waals surface area (Å²) in [6, 6.07) is 1.32. The van der Waals surface area contributed by atoms with Gasteiger partial charge in [0, 0.05) is 25.7 Å². The molecule has 0 bridgehead atoms. The summed E-state index contributed by atoms with van der Waals surface area (Å²) in [7, 11) is -3.62. The summed E-state index contributed by atoms with van der Waals surface area (Å²) in [5.41, 5.74) is 5.25. The van der Waals surface area contributed by atoms with Gasteiger partial charge < -0.3 is 15.5 Å². The first-order chi connectivity index (χ1) is 11.6. The van der Waals surface area contributed by atoms with Crippen molar-refractivity contribution in [1.29, 1.82) is 0 Å². The fourth-order valence-electron chi connectivity index (χ4n) is 3.32. The molecule has 2 rings (SSSR count). The van der Waals surface area contributed by atoms with Gasteiger partial charge >= 0.3 is 0 Å². The Bertz CT molecular complexity index is 720. The standard InChI is InChI=1S/C17H29N3O4S/c1-12(2)10-17(4,11-18)19-16(21)14-9-15(13(3)24-14)25(22,23)20-7-5-6-8-20/h9,12H,5-8,10-11,18H2,1-4H3,(H,19,21). The molecule has 1 aliphatic rings. The quantitative estimate of drug-likeness (QED) is 0.761. The Morgan fingerprint density at radius 1 is 1.40 bits per heavy atom. The first kappa shape index (κ1) is 19.9. The average molecular weight is 372 g/mol. The lowest BCUT2D eigenvalue weighted by atomic mass is 9.90. The predicted molar refractivity (Wildman–Crippen MR) is 95.8 cm³/mol. The van der Waals surface area contributed by atoms with Gasteiger partial charge in [-0.15, -0.1) is 0 Å². The van der Waals surface area contributed by atoms with Gasteiger partial charge in [-0.1, -0.05) is 13.8 Å². The first-order valence-electron chi connectivity index (χ1n) is 8.72. The predicted octanol–water partition coefficient (Wildman–Crippen LogP) is 1.87. The van der Waals surface area contributed by atoms with Crippen molar-refractivity contribution in [3.63, 3.8) is 0 Å². The number of furan rings is 1. The number of aryl methyl sites for hydroxylation is 1. The van der Waals surface area contributed by atoms with Crippen LogP contribution in [0.3, 0.4) is 0 Å². The van der Waals surface area contributed by atoms with Crippen molar-refractivity contribution in [2.75, 3.05) is 19.6 Å². The smallest absolute Gasteiger partial charge is 0.287 e. The van der Waals surface area contributed by atoms with Gasteiger partial charge in [-0.05, 0) is 39.0 Å². The summed E-state index contributed by atoms with van der Waals surface area (Å²) in [5.74, 6) is 0.145. The summed E-state index contributed by atoms with van der Waals surface area (Å²) in [6.45, 7) is 8.85. The van der Waals surface area contributed by atoms with E-state index in [1.807, 2.05) is 6.92 Å². The number of carbonyl (C=O) groups excluding carboxylic acids is 1. The lowest BCUT2D eigenvalue weighted by Gasteiger charge is -2.30. The van der Waals surface area contributed by atoms with E-state index in [-0.39, 0.29) is 23.0 Å². The summed E-state index contributed by atoms with van der Waals surface area (Å²) in [5, 5.41) is 2.89. The molecule has 1 atom stereocenters.